The zero-order chi connectivity index (χ0) is 19.7. The average molecular weight is 394 g/mol. The van der Waals surface area contributed by atoms with Gasteiger partial charge < -0.3 is 4.74 Å². The first-order chi connectivity index (χ1) is 13.5. The van der Waals surface area contributed by atoms with E-state index in [1.165, 1.54) is 4.31 Å². The van der Waals surface area contributed by atoms with Crippen LogP contribution in [0.2, 0.25) is 0 Å². The Morgan fingerprint density at radius 1 is 1.00 bits per heavy atom. The molecule has 0 fully saturated rings. The van der Waals surface area contributed by atoms with E-state index in [1.54, 1.807) is 19.2 Å². The molecule has 144 valence electrons. The largest absolute Gasteiger partial charge is 0.497 e. The number of sulfonamides is 1. The van der Waals surface area contributed by atoms with Gasteiger partial charge in [-0.3, -0.25) is 9.29 Å². The molecule has 0 spiro atoms. The molecule has 1 aliphatic rings. The van der Waals surface area contributed by atoms with Gasteiger partial charge in [-0.15, -0.1) is 0 Å². The van der Waals surface area contributed by atoms with Crippen LogP contribution in [0.4, 0.5) is 5.69 Å². The Labute approximate surface area is 165 Å². The molecule has 28 heavy (non-hydrogen) atoms. The third-order valence-corrected chi connectivity index (χ3v) is 7.01. The predicted octanol–water partition coefficient (Wildman–Crippen LogP) is 4.21. The van der Waals surface area contributed by atoms with Crippen LogP contribution in [-0.4, -0.2) is 27.1 Å². The van der Waals surface area contributed by atoms with E-state index in [-0.39, 0.29) is 0 Å². The summed E-state index contributed by atoms with van der Waals surface area (Å²) in [5.74, 6) is 0.789. The van der Waals surface area contributed by atoms with E-state index >= 15 is 0 Å². The van der Waals surface area contributed by atoms with Crippen molar-refractivity contribution in [2.24, 2.45) is 0 Å². The average Bonchev–Trinajstić information content (AvgIpc) is 2.73. The Hall–Kier alpha value is -2.86. The Balaban J connectivity index is 1.73. The van der Waals surface area contributed by atoms with Gasteiger partial charge >= 0.3 is 0 Å². The van der Waals surface area contributed by atoms with Gasteiger partial charge in [0.15, 0.2) is 0 Å². The molecular formula is C22H22N2O3S. The van der Waals surface area contributed by atoms with E-state index in [0.717, 1.165) is 41.1 Å². The molecule has 0 atom stereocenters. The second-order valence-corrected chi connectivity index (χ2v) is 8.67. The van der Waals surface area contributed by atoms with Crippen LogP contribution in [-0.2, 0) is 16.4 Å². The number of rotatable bonds is 4. The molecule has 5 nitrogen and oxygen atoms in total. The molecule has 2 aromatic carbocycles. The first-order valence-corrected chi connectivity index (χ1v) is 10.7. The number of methoxy groups -OCH3 is 1. The van der Waals surface area contributed by atoms with Crippen LogP contribution in [0, 0.1) is 6.92 Å². The van der Waals surface area contributed by atoms with Crippen molar-refractivity contribution in [3.05, 3.63) is 71.9 Å². The lowest BCUT2D eigenvalue weighted by atomic mass is 10.1. The van der Waals surface area contributed by atoms with Crippen molar-refractivity contribution >= 4 is 15.7 Å². The summed E-state index contributed by atoms with van der Waals surface area (Å²) in [6, 6.07) is 18.5. The maximum absolute atomic E-state index is 13.3. The van der Waals surface area contributed by atoms with Gasteiger partial charge in [0.2, 0.25) is 0 Å². The highest BCUT2D eigenvalue weighted by molar-refractivity contribution is 7.92. The van der Waals surface area contributed by atoms with Crippen LogP contribution < -0.4 is 9.04 Å². The van der Waals surface area contributed by atoms with Crippen LogP contribution in [0.5, 0.6) is 5.75 Å². The van der Waals surface area contributed by atoms with Gasteiger partial charge in [0.25, 0.3) is 10.0 Å². The number of pyridine rings is 1. The maximum Gasteiger partial charge on any atom is 0.264 e. The van der Waals surface area contributed by atoms with E-state index in [2.05, 4.69) is 0 Å². The minimum atomic E-state index is -3.62. The maximum atomic E-state index is 13.3. The number of aromatic nitrogens is 1. The van der Waals surface area contributed by atoms with Gasteiger partial charge in [0.05, 0.1) is 29.1 Å². The molecule has 1 aliphatic heterocycles. The van der Waals surface area contributed by atoms with Crippen molar-refractivity contribution in [2.45, 2.75) is 24.7 Å². The van der Waals surface area contributed by atoms with E-state index < -0.39 is 10.0 Å². The van der Waals surface area contributed by atoms with Crippen molar-refractivity contribution in [1.29, 1.82) is 0 Å². The standard InChI is InChI=1S/C22H22N2O3S/c1-16-6-3-4-8-22(16)28(25,26)24-15-5-7-20-21(24)14-13-19(23-20)17-9-11-18(27-2)12-10-17/h3-4,6,8-14H,5,7,15H2,1-2H3. The molecule has 0 N–H and O–H groups in total. The summed E-state index contributed by atoms with van der Waals surface area (Å²) in [7, 11) is -1.98. The highest BCUT2D eigenvalue weighted by atomic mass is 32.2. The SMILES string of the molecule is COc1ccc(-c2ccc3c(n2)CCCN3S(=O)(=O)c2ccccc2C)cc1. The van der Waals surface area contributed by atoms with E-state index in [0.29, 0.717) is 17.1 Å². The molecule has 0 bridgehead atoms. The quantitative estimate of drug-likeness (QED) is 0.665. The van der Waals surface area contributed by atoms with Crippen molar-refractivity contribution in [2.75, 3.05) is 18.0 Å². The predicted molar refractivity (Wildman–Crippen MR) is 110 cm³/mol. The zero-order valence-corrected chi connectivity index (χ0v) is 16.7. The highest BCUT2D eigenvalue weighted by Crippen LogP contribution is 2.34. The van der Waals surface area contributed by atoms with Crippen molar-refractivity contribution in [1.82, 2.24) is 4.98 Å². The first kappa shape index (κ1) is 18.5. The summed E-state index contributed by atoms with van der Waals surface area (Å²) in [5.41, 5.74) is 4.04. The lowest BCUT2D eigenvalue weighted by Gasteiger charge is -2.30. The minimum absolute atomic E-state index is 0.349. The summed E-state index contributed by atoms with van der Waals surface area (Å²) in [6.07, 6.45) is 1.51. The molecule has 0 saturated heterocycles. The van der Waals surface area contributed by atoms with Gasteiger partial charge in [0, 0.05) is 12.1 Å². The number of fused-ring (bicyclic) bond motifs is 1. The normalized spacial score (nSPS) is 13.9. The summed E-state index contributed by atoms with van der Waals surface area (Å²) in [4.78, 5) is 5.12. The Bertz CT molecular complexity index is 1110. The molecule has 0 radical (unpaired) electrons. The summed E-state index contributed by atoms with van der Waals surface area (Å²) in [5, 5.41) is 0. The minimum Gasteiger partial charge on any atom is -0.497 e. The number of benzene rings is 2. The summed E-state index contributed by atoms with van der Waals surface area (Å²) >= 11 is 0. The second kappa shape index (κ2) is 7.28. The molecule has 6 heteroatoms. The Kier molecular flexibility index (Phi) is 4.81. The molecular weight excluding hydrogens is 372 g/mol. The first-order valence-electron chi connectivity index (χ1n) is 9.23. The van der Waals surface area contributed by atoms with Crippen molar-refractivity contribution in [3.8, 4) is 17.0 Å². The topological polar surface area (TPSA) is 59.5 Å². The lowest BCUT2D eigenvalue weighted by molar-refractivity contribution is 0.415. The zero-order valence-electron chi connectivity index (χ0n) is 15.9. The number of ether oxygens (including phenoxy) is 1. The lowest BCUT2D eigenvalue weighted by Crippen LogP contribution is -2.36. The van der Waals surface area contributed by atoms with Crippen LogP contribution in [0.25, 0.3) is 11.3 Å². The van der Waals surface area contributed by atoms with Crippen molar-refractivity contribution < 1.29 is 13.2 Å². The fourth-order valence-corrected chi connectivity index (χ4v) is 5.31. The van der Waals surface area contributed by atoms with Crippen LogP contribution in [0.1, 0.15) is 17.7 Å². The molecule has 0 aliphatic carbocycles. The molecule has 1 aromatic heterocycles. The second-order valence-electron chi connectivity index (χ2n) is 6.84. The highest BCUT2D eigenvalue weighted by Gasteiger charge is 2.30. The number of hydrogen-bond donors (Lipinski definition) is 0. The number of nitrogens with zero attached hydrogens (tertiary/aromatic N) is 2. The van der Waals surface area contributed by atoms with Crippen LogP contribution in [0.15, 0.2) is 65.6 Å². The van der Waals surface area contributed by atoms with Crippen LogP contribution in [0.3, 0.4) is 0 Å². The van der Waals surface area contributed by atoms with Gasteiger partial charge in [-0.2, -0.15) is 0 Å². The monoisotopic (exact) mass is 394 g/mol. The third-order valence-electron chi connectivity index (χ3n) is 5.04. The van der Waals surface area contributed by atoms with E-state index in [1.807, 2.05) is 55.5 Å². The Morgan fingerprint density at radius 2 is 1.75 bits per heavy atom. The van der Waals surface area contributed by atoms with Gasteiger partial charge in [-0.25, -0.2) is 8.42 Å². The third kappa shape index (κ3) is 3.24. The Morgan fingerprint density at radius 3 is 2.46 bits per heavy atom. The molecule has 0 amide bonds. The van der Waals surface area contributed by atoms with Crippen molar-refractivity contribution in [3.63, 3.8) is 0 Å². The molecule has 4 rings (SSSR count). The van der Waals surface area contributed by atoms with Gasteiger partial charge in [-0.1, -0.05) is 18.2 Å². The molecule has 2 heterocycles. The van der Waals surface area contributed by atoms with Crippen LogP contribution >= 0.6 is 0 Å². The summed E-state index contributed by atoms with van der Waals surface area (Å²) in [6.45, 7) is 2.29. The molecule has 0 saturated carbocycles. The van der Waals surface area contributed by atoms with Gasteiger partial charge in [-0.05, 0) is 67.8 Å². The fraction of sp³-hybridized carbons (Fsp3) is 0.227. The molecule has 0 unspecified atom stereocenters. The van der Waals surface area contributed by atoms with E-state index in [4.69, 9.17) is 9.72 Å². The number of aryl methyl sites for hydroxylation is 2. The smallest absolute Gasteiger partial charge is 0.264 e. The van der Waals surface area contributed by atoms with Gasteiger partial charge in [0.1, 0.15) is 5.75 Å². The molecule has 3 aromatic rings. The fourth-order valence-electron chi connectivity index (χ4n) is 3.55. The number of anilines is 1. The van der Waals surface area contributed by atoms with E-state index in [9.17, 15) is 8.42 Å². The number of hydrogen-bond acceptors (Lipinski definition) is 4. The summed E-state index contributed by atoms with van der Waals surface area (Å²) < 4.78 is 33.3.